The predicted octanol–water partition coefficient (Wildman–Crippen LogP) is 0.445. The molecular weight excluding hydrogens is 221 g/mol. The lowest BCUT2D eigenvalue weighted by Gasteiger charge is -1.90. The van der Waals surface area contributed by atoms with Gasteiger partial charge in [0, 0.05) is 0 Å². The molecule has 0 radical (unpaired) electrons. The highest BCUT2D eigenvalue weighted by Crippen LogP contribution is 2.25. The van der Waals surface area contributed by atoms with Gasteiger partial charge in [0.05, 0.1) is 0 Å². The van der Waals surface area contributed by atoms with E-state index >= 15 is 0 Å². The minimum Gasteiger partial charge on any atom is -0.385 e. The molecule has 0 heterocycles. The summed E-state index contributed by atoms with van der Waals surface area (Å²) in [6, 6.07) is 0. The van der Waals surface area contributed by atoms with Crippen molar-refractivity contribution in [2.24, 2.45) is 5.73 Å². The number of thioether (sulfide) groups is 1. The van der Waals surface area contributed by atoms with Gasteiger partial charge in [-0.2, -0.15) is 0 Å². The maximum Gasteiger partial charge on any atom is 0.466 e. The standard InChI is InChI=1S/C4H9NS2.H3O4P/c1-2-3-7-4(5)6;1-5(2,3)4/h2-3H2,1H3,(H2,5,6);(H3,1,2,3,4). The molecule has 0 atom stereocenters. The van der Waals surface area contributed by atoms with E-state index in [0.717, 1.165) is 12.2 Å². The first-order chi connectivity index (χ1) is 5.27. The van der Waals surface area contributed by atoms with Crippen LogP contribution in [-0.2, 0) is 4.57 Å². The molecular formula is C4H12NO4PS2. The van der Waals surface area contributed by atoms with Gasteiger partial charge in [0.2, 0.25) is 0 Å². The molecule has 8 heteroatoms. The van der Waals surface area contributed by atoms with Crippen LogP contribution in [0, 0.1) is 0 Å². The largest absolute Gasteiger partial charge is 0.466 e. The van der Waals surface area contributed by atoms with E-state index < -0.39 is 7.82 Å². The summed E-state index contributed by atoms with van der Waals surface area (Å²) in [7, 11) is -4.64. The molecule has 0 aliphatic rings. The maximum atomic E-state index is 8.88. The van der Waals surface area contributed by atoms with Gasteiger partial charge >= 0.3 is 7.82 Å². The van der Waals surface area contributed by atoms with E-state index in [9.17, 15) is 0 Å². The van der Waals surface area contributed by atoms with Gasteiger partial charge in [-0.25, -0.2) is 4.57 Å². The molecule has 0 aromatic carbocycles. The monoisotopic (exact) mass is 233 g/mol. The molecule has 12 heavy (non-hydrogen) atoms. The fourth-order valence-corrected chi connectivity index (χ4v) is 0.858. The highest BCUT2D eigenvalue weighted by molar-refractivity contribution is 8.22. The molecule has 0 aliphatic heterocycles. The average Bonchev–Trinajstić information content (AvgIpc) is 1.79. The first-order valence-corrected chi connectivity index (χ1v) is 5.93. The summed E-state index contributed by atoms with van der Waals surface area (Å²) in [5.41, 5.74) is 5.17. The zero-order valence-corrected chi connectivity index (χ0v) is 9.03. The first kappa shape index (κ1) is 14.9. The van der Waals surface area contributed by atoms with Gasteiger partial charge in [0.1, 0.15) is 4.32 Å². The van der Waals surface area contributed by atoms with Crippen molar-refractivity contribution in [1.29, 1.82) is 0 Å². The summed E-state index contributed by atoms with van der Waals surface area (Å²) in [5, 5.41) is 0. The van der Waals surface area contributed by atoms with Crippen LogP contribution in [0.2, 0.25) is 0 Å². The van der Waals surface area contributed by atoms with Gasteiger partial charge in [-0.1, -0.05) is 30.9 Å². The predicted molar refractivity (Wildman–Crippen MR) is 53.8 cm³/mol. The normalized spacial score (nSPS) is 10.0. The fourth-order valence-electron chi connectivity index (χ4n) is 0.203. The Hall–Kier alpha value is 0.350. The van der Waals surface area contributed by atoms with Crippen LogP contribution in [0.3, 0.4) is 0 Å². The van der Waals surface area contributed by atoms with E-state index in [1.807, 2.05) is 0 Å². The van der Waals surface area contributed by atoms with Gasteiger partial charge < -0.3 is 20.4 Å². The zero-order chi connectivity index (χ0) is 10.2. The molecule has 0 saturated heterocycles. The Morgan fingerprint density at radius 1 is 1.58 bits per heavy atom. The van der Waals surface area contributed by atoms with Crippen molar-refractivity contribution in [3.63, 3.8) is 0 Å². The molecule has 0 aromatic heterocycles. The molecule has 0 aliphatic carbocycles. The van der Waals surface area contributed by atoms with Crippen LogP contribution >= 0.6 is 31.8 Å². The Morgan fingerprint density at radius 3 is 2.00 bits per heavy atom. The van der Waals surface area contributed by atoms with Crippen molar-refractivity contribution in [3.05, 3.63) is 0 Å². The fraction of sp³-hybridized carbons (Fsp3) is 0.750. The molecule has 0 saturated carbocycles. The third-order valence-electron chi connectivity index (χ3n) is 0.448. The van der Waals surface area contributed by atoms with Crippen molar-refractivity contribution in [2.45, 2.75) is 13.3 Å². The number of thiocarbonyl (C=S) groups is 1. The van der Waals surface area contributed by atoms with Crippen molar-refractivity contribution in [3.8, 4) is 0 Å². The Balaban J connectivity index is 0. The molecule has 0 amide bonds. The summed E-state index contributed by atoms with van der Waals surface area (Å²) in [4.78, 5) is 21.6. The van der Waals surface area contributed by atoms with E-state index in [0.29, 0.717) is 4.32 Å². The molecule has 0 aromatic rings. The lowest BCUT2D eigenvalue weighted by molar-refractivity contribution is 0.275. The number of hydrogen-bond acceptors (Lipinski definition) is 3. The highest BCUT2D eigenvalue weighted by atomic mass is 32.2. The van der Waals surface area contributed by atoms with E-state index in [4.69, 9.17) is 25.0 Å². The van der Waals surface area contributed by atoms with Crippen LogP contribution in [0.4, 0.5) is 0 Å². The van der Waals surface area contributed by atoms with Gasteiger partial charge in [0.15, 0.2) is 0 Å². The Morgan fingerprint density at radius 2 is 1.92 bits per heavy atom. The zero-order valence-electron chi connectivity index (χ0n) is 6.51. The van der Waals surface area contributed by atoms with Crippen LogP contribution < -0.4 is 5.73 Å². The second-order valence-electron chi connectivity index (χ2n) is 1.68. The second kappa shape index (κ2) is 7.97. The summed E-state index contributed by atoms with van der Waals surface area (Å²) in [5.74, 6) is 1.05. The van der Waals surface area contributed by atoms with Crippen LogP contribution in [-0.4, -0.2) is 24.8 Å². The first-order valence-electron chi connectivity index (χ1n) is 2.98. The van der Waals surface area contributed by atoms with E-state index in [-0.39, 0.29) is 0 Å². The van der Waals surface area contributed by atoms with E-state index in [2.05, 4.69) is 19.1 Å². The summed E-state index contributed by atoms with van der Waals surface area (Å²) in [6.07, 6.45) is 1.14. The van der Waals surface area contributed by atoms with Crippen molar-refractivity contribution >= 4 is 36.1 Å². The van der Waals surface area contributed by atoms with E-state index in [1.165, 1.54) is 0 Å². The van der Waals surface area contributed by atoms with Crippen molar-refractivity contribution in [2.75, 3.05) is 5.75 Å². The number of nitrogens with two attached hydrogens (primary N) is 1. The average molecular weight is 233 g/mol. The SMILES string of the molecule is CCCSC(N)=S.O=P(O)(O)O. The van der Waals surface area contributed by atoms with Crippen LogP contribution in [0.1, 0.15) is 13.3 Å². The van der Waals surface area contributed by atoms with Crippen LogP contribution in [0.25, 0.3) is 0 Å². The summed E-state index contributed by atoms with van der Waals surface area (Å²) in [6.45, 7) is 2.10. The topological polar surface area (TPSA) is 104 Å². The molecule has 0 spiro atoms. The Bertz CT molecular complexity index is 162. The summed E-state index contributed by atoms with van der Waals surface area (Å²) < 4.78 is 9.44. The second-order valence-corrected chi connectivity index (χ2v) is 4.54. The quantitative estimate of drug-likeness (QED) is 0.405. The number of phosphoric acid groups is 1. The summed E-state index contributed by atoms with van der Waals surface area (Å²) >= 11 is 6.14. The molecule has 0 fully saturated rings. The molecule has 74 valence electrons. The maximum absolute atomic E-state index is 8.88. The van der Waals surface area contributed by atoms with Crippen LogP contribution in [0.5, 0.6) is 0 Å². The van der Waals surface area contributed by atoms with Crippen LogP contribution in [0.15, 0.2) is 0 Å². The minimum absolute atomic E-state index is 0.557. The minimum atomic E-state index is -4.64. The van der Waals surface area contributed by atoms with Crippen molar-refractivity contribution in [1.82, 2.24) is 0 Å². The lowest BCUT2D eigenvalue weighted by Crippen LogP contribution is -2.01. The molecule has 5 nitrogen and oxygen atoms in total. The third-order valence-corrected chi connectivity index (χ3v) is 1.70. The highest BCUT2D eigenvalue weighted by Gasteiger charge is 2.00. The van der Waals surface area contributed by atoms with Gasteiger partial charge in [0.25, 0.3) is 0 Å². The van der Waals surface area contributed by atoms with Gasteiger partial charge in [-0.3, -0.25) is 0 Å². The molecule has 5 N–H and O–H groups in total. The van der Waals surface area contributed by atoms with Gasteiger partial charge in [-0.15, -0.1) is 0 Å². The Labute approximate surface area is 80.6 Å². The number of rotatable bonds is 2. The lowest BCUT2D eigenvalue weighted by atomic mass is 10.6. The molecule has 0 unspecified atom stereocenters. The number of hydrogen-bond donors (Lipinski definition) is 4. The molecule has 0 bridgehead atoms. The smallest absolute Gasteiger partial charge is 0.385 e. The van der Waals surface area contributed by atoms with E-state index in [1.54, 1.807) is 11.8 Å². The van der Waals surface area contributed by atoms with Gasteiger partial charge in [-0.05, 0) is 12.2 Å². The van der Waals surface area contributed by atoms with Crippen molar-refractivity contribution < 1.29 is 19.2 Å². The Kier molecular flexibility index (Phi) is 9.87. The molecule has 0 rings (SSSR count). The third kappa shape index (κ3) is 47.8.